The molecule has 0 saturated carbocycles. The van der Waals surface area contributed by atoms with E-state index in [2.05, 4.69) is 55.5 Å². The van der Waals surface area contributed by atoms with E-state index in [9.17, 15) is 14.7 Å². The Bertz CT molecular complexity index is 722. The first-order valence-corrected chi connectivity index (χ1v) is 17.2. The van der Waals surface area contributed by atoms with Gasteiger partial charge in [-0.3, -0.25) is 9.59 Å². The van der Waals surface area contributed by atoms with Crippen LogP contribution in [0.1, 0.15) is 155 Å². The summed E-state index contributed by atoms with van der Waals surface area (Å²) >= 11 is 0. The summed E-state index contributed by atoms with van der Waals surface area (Å²) in [6, 6.07) is 0. The molecule has 0 aromatic rings. The summed E-state index contributed by atoms with van der Waals surface area (Å²) in [5.74, 6) is -0.659. The van der Waals surface area contributed by atoms with Crippen LogP contribution in [0.4, 0.5) is 0 Å². The van der Waals surface area contributed by atoms with Gasteiger partial charge in [0.2, 0.25) is 0 Å². The number of carbonyl (C=O) groups excluding carboxylic acids is 2. The number of aliphatic hydroxyl groups is 1. The third-order valence-corrected chi connectivity index (χ3v) is 7.22. The zero-order valence-electron chi connectivity index (χ0n) is 27.2. The first-order valence-electron chi connectivity index (χ1n) is 17.2. The van der Waals surface area contributed by atoms with Crippen LogP contribution in [-0.4, -0.2) is 36.4 Å². The average molecular weight is 589 g/mol. The molecule has 0 spiro atoms. The third-order valence-electron chi connectivity index (χ3n) is 7.22. The number of carbonyl (C=O) groups is 2. The molecule has 0 aliphatic heterocycles. The van der Waals surface area contributed by atoms with Crippen LogP contribution in [0.5, 0.6) is 0 Å². The Morgan fingerprint density at radius 3 is 1.55 bits per heavy atom. The molecule has 0 unspecified atom stereocenters. The van der Waals surface area contributed by atoms with Gasteiger partial charge in [0.1, 0.15) is 6.61 Å². The summed E-state index contributed by atoms with van der Waals surface area (Å²) in [6.45, 7) is 3.85. The van der Waals surface area contributed by atoms with Gasteiger partial charge in [0.15, 0.2) is 6.10 Å². The van der Waals surface area contributed by atoms with Crippen LogP contribution in [0.3, 0.4) is 0 Å². The number of hydrogen-bond acceptors (Lipinski definition) is 5. The van der Waals surface area contributed by atoms with Crippen molar-refractivity contribution >= 4 is 11.9 Å². The zero-order chi connectivity index (χ0) is 30.8. The molecule has 0 bridgehead atoms. The van der Waals surface area contributed by atoms with Gasteiger partial charge in [-0.15, -0.1) is 0 Å². The Morgan fingerprint density at radius 1 is 0.595 bits per heavy atom. The van der Waals surface area contributed by atoms with Crippen molar-refractivity contribution in [1.29, 1.82) is 0 Å². The summed E-state index contributed by atoms with van der Waals surface area (Å²) < 4.78 is 10.5. The van der Waals surface area contributed by atoms with E-state index in [4.69, 9.17) is 9.47 Å². The topological polar surface area (TPSA) is 72.8 Å². The van der Waals surface area contributed by atoms with E-state index < -0.39 is 6.10 Å². The van der Waals surface area contributed by atoms with Crippen LogP contribution in [0.25, 0.3) is 0 Å². The standard InChI is InChI=1S/C37H64O5/c1-3-5-7-9-11-13-15-17-18-20-21-23-25-27-29-31-36(39)41-34-35(33-38)42-37(40)32-30-28-26-24-22-19-16-14-12-10-8-6-4-2/h4,6,10,12,16,19,24,26,35,38H,3,5,7-9,11,13-15,17-18,20-23,25,27-34H2,1-2H3/b6-4-,12-10-,19-16-,26-24-/t35-/m0/s1. The molecule has 0 aliphatic rings. The van der Waals surface area contributed by atoms with Crippen molar-refractivity contribution in [2.75, 3.05) is 13.2 Å². The number of aliphatic hydroxyl groups excluding tert-OH is 1. The first-order chi connectivity index (χ1) is 20.6. The third kappa shape index (κ3) is 30.8. The fourth-order valence-corrected chi connectivity index (χ4v) is 4.60. The van der Waals surface area contributed by atoms with Gasteiger partial charge in [-0.25, -0.2) is 0 Å². The van der Waals surface area contributed by atoms with Crippen molar-refractivity contribution in [2.24, 2.45) is 0 Å². The van der Waals surface area contributed by atoms with Crippen LogP contribution in [-0.2, 0) is 19.1 Å². The molecule has 0 heterocycles. The van der Waals surface area contributed by atoms with Gasteiger partial charge in [-0.2, -0.15) is 0 Å². The second kappa shape index (κ2) is 33.4. The molecule has 0 aliphatic carbocycles. The smallest absolute Gasteiger partial charge is 0.306 e. The molecule has 0 amide bonds. The lowest BCUT2D eigenvalue weighted by atomic mass is 10.0. The van der Waals surface area contributed by atoms with Gasteiger partial charge in [0.25, 0.3) is 0 Å². The SMILES string of the molecule is C/C=C\C/C=C\C/C=C\C/C=C\CCCC(=O)O[C@@H](CO)COC(=O)CCCCCCCCCCCCCCCCC. The molecule has 5 nitrogen and oxygen atoms in total. The predicted octanol–water partition coefficient (Wildman–Crippen LogP) is 10.3. The Labute approximate surface area is 258 Å². The molecule has 0 saturated heterocycles. The number of ether oxygens (including phenoxy) is 2. The summed E-state index contributed by atoms with van der Waals surface area (Å²) in [6.07, 6.45) is 40.4. The highest BCUT2D eigenvalue weighted by Crippen LogP contribution is 2.14. The fourth-order valence-electron chi connectivity index (χ4n) is 4.60. The molecule has 1 N–H and O–H groups in total. The van der Waals surface area contributed by atoms with E-state index in [1.165, 1.54) is 77.0 Å². The molecule has 1 atom stereocenters. The van der Waals surface area contributed by atoms with Gasteiger partial charge < -0.3 is 14.6 Å². The molecule has 0 fully saturated rings. The van der Waals surface area contributed by atoms with Crippen LogP contribution in [0.15, 0.2) is 48.6 Å². The maximum Gasteiger partial charge on any atom is 0.306 e. The van der Waals surface area contributed by atoms with E-state index in [0.29, 0.717) is 12.8 Å². The molecule has 5 heteroatoms. The predicted molar refractivity (Wildman–Crippen MR) is 177 cm³/mol. The van der Waals surface area contributed by atoms with Crippen molar-refractivity contribution in [2.45, 2.75) is 161 Å². The average Bonchev–Trinajstić information content (AvgIpc) is 2.99. The normalized spacial score (nSPS) is 12.7. The quantitative estimate of drug-likeness (QED) is 0.0513. The second-order valence-corrected chi connectivity index (χ2v) is 11.3. The van der Waals surface area contributed by atoms with Crippen molar-refractivity contribution in [1.82, 2.24) is 0 Å². The van der Waals surface area contributed by atoms with E-state index >= 15 is 0 Å². The van der Waals surface area contributed by atoms with Crippen LogP contribution in [0.2, 0.25) is 0 Å². The van der Waals surface area contributed by atoms with Crippen molar-refractivity contribution < 1.29 is 24.2 Å². The highest BCUT2D eigenvalue weighted by atomic mass is 16.6. The Morgan fingerprint density at radius 2 is 1.05 bits per heavy atom. The highest BCUT2D eigenvalue weighted by Gasteiger charge is 2.15. The number of unbranched alkanes of at least 4 members (excludes halogenated alkanes) is 15. The Kier molecular flexibility index (Phi) is 31.7. The number of rotatable bonds is 30. The summed E-state index contributed by atoms with van der Waals surface area (Å²) in [5, 5.41) is 9.50. The fraction of sp³-hybridized carbons (Fsp3) is 0.730. The van der Waals surface area contributed by atoms with E-state index in [-0.39, 0.29) is 31.6 Å². The molecular formula is C37H64O5. The second-order valence-electron chi connectivity index (χ2n) is 11.3. The van der Waals surface area contributed by atoms with Gasteiger partial charge in [-0.1, -0.05) is 145 Å². The molecule has 0 aromatic heterocycles. The zero-order valence-corrected chi connectivity index (χ0v) is 27.2. The minimum Gasteiger partial charge on any atom is -0.462 e. The number of allylic oxidation sites excluding steroid dienone is 8. The van der Waals surface area contributed by atoms with E-state index in [1.54, 1.807) is 0 Å². The summed E-state index contributed by atoms with van der Waals surface area (Å²) in [7, 11) is 0. The highest BCUT2D eigenvalue weighted by molar-refractivity contribution is 5.70. The van der Waals surface area contributed by atoms with Crippen LogP contribution < -0.4 is 0 Å². The van der Waals surface area contributed by atoms with Gasteiger partial charge in [-0.05, 0) is 45.4 Å². The van der Waals surface area contributed by atoms with Gasteiger partial charge in [0.05, 0.1) is 6.61 Å². The molecule has 42 heavy (non-hydrogen) atoms. The maximum absolute atomic E-state index is 12.1. The van der Waals surface area contributed by atoms with Crippen LogP contribution >= 0.6 is 0 Å². The van der Waals surface area contributed by atoms with E-state index in [1.807, 2.05) is 6.92 Å². The monoisotopic (exact) mass is 588 g/mol. The summed E-state index contributed by atoms with van der Waals surface area (Å²) in [4.78, 5) is 24.1. The maximum atomic E-state index is 12.1. The lowest BCUT2D eigenvalue weighted by molar-refractivity contribution is -0.161. The molecular weight excluding hydrogens is 524 g/mol. The van der Waals surface area contributed by atoms with Gasteiger partial charge in [0, 0.05) is 12.8 Å². The number of hydrogen-bond donors (Lipinski definition) is 1. The van der Waals surface area contributed by atoms with Crippen molar-refractivity contribution in [3.8, 4) is 0 Å². The van der Waals surface area contributed by atoms with Crippen molar-refractivity contribution in [3.63, 3.8) is 0 Å². The largest absolute Gasteiger partial charge is 0.462 e. The summed E-state index contributed by atoms with van der Waals surface area (Å²) in [5.41, 5.74) is 0. The number of esters is 2. The Hall–Kier alpha value is -2.14. The minimum absolute atomic E-state index is 0.0868. The molecule has 242 valence electrons. The molecule has 0 rings (SSSR count). The first kappa shape index (κ1) is 39.9. The minimum atomic E-state index is -0.796. The lowest BCUT2D eigenvalue weighted by Crippen LogP contribution is -2.28. The molecule has 0 aromatic carbocycles. The van der Waals surface area contributed by atoms with Gasteiger partial charge >= 0.3 is 11.9 Å². The van der Waals surface area contributed by atoms with E-state index in [0.717, 1.165) is 44.9 Å². The lowest BCUT2D eigenvalue weighted by Gasteiger charge is -2.15. The molecule has 0 radical (unpaired) electrons. The Balaban J connectivity index is 3.64. The van der Waals surface area contributed by atoms with Crippen LogP contribution in [0, 0.1) is 0 Å². The van der Waals surface area contributed by atoms with Crippen molar-refractivity contribution in [3.05, 3.63) is 48.6 Å².